The van der Waals surface area contributed by atoms with Crippen LogP contribution in [0.4, 0.5) is 0 Å². The van der Waals surface area contributed by atoms with E-state index in [2.05, 4.69) is 34.0 Å². The molecule has 8 heteroatoms. The van der Waals surface area contributed by atoms with Crippen LogP contribution in [0.5, 0.6) is 0 Å². The van der Waals surface area contributed by atoms with Gasteiger partial charge < -0.3 is 5.32 Å². The third-order valence-electron chi connectivity index (χ3n) is 4.98. The van der Waals surface area contributed by atoms with E-state index < -0.39 is 10.0 Å². The standard InChI is InChI=1S/C20H27N3O3S2/c1-16-8-10-23(11-9-16)15-18-6-4-17(5-7-18)13-21-19(24)14-22-28(25,26)20-3-2-12-27-20/h2-7,12,16,22H,8-11,13-15H2,1H3,(H,21,24). The first-order valence-electron chi connectivity index (χ1n) is 9.52. The number of amides is 1. The molecule has 3 rings (SSSR count). The minimum atomic E-state index is -3.62. The lowest BCUT2D eigenvalue weighted by molar-refractivity contribution is -0.120. The highest BCUT2D eigenvalue weighted by molar-refractivity contribution is 7.91. The molecule has 6 nitrogen and oxygen atoms in total. The maximum atomic E-state index is 12.0. The van der Waals surface area contributed by atoms with Gasteiger partial charge in [0, 0.05) is 13.1 Å². The molecule has 1 aliphatic rings. The molecule has 2 heterocycles. The molecule has 28 heavy (non-hydrogen) atoms. The number of carbonyl (C=O) groups excluding carboxylic acids is 1. The lowest BCUT2D eigenvalue weighted by Crippen LogP contribution is -2.36. The molecule has 0 saturated carbocycles. The molecular weight excluding hydrogens is 394 g/mol. The van der Waals surface area contributed by atoms with Crippen LogP contribution >= 0.6 is 11.3 Å². The zero-order valence-electron chi connectivity index (χ0n) is 16.1. The highest BCUT2D eigenvalue weighted by Gasteiger charge is 2.17. The largest absolute Gasteiger partial charge is 0.351 e. The van der Waals surface area contributed by atoms with Gasteiger partial charge in [0.2, 0.25) is 5.91 Å². The summed E-state index contributed by atoms with van der Waals surface area (Å²) in [5, 5.41) is 4.43. The van der Waals surface area contributed by atoms with Crippen molar-refractivity contribution in [1.29, 1.82) is 0 Å². The number of piperidine rings is 1. The van der Waals surface area contributed by atoms with E-state index >= 15 is 0 Å². The van der Waals surface area contributed by atoms with Crippen molar-refractivity contribution in [2.45, 2.75) is 37.1 Å². The summed E-state index contributed by atoms with van der Waals surface area (Å²) in [7, 11) is -3.62. The minimum Gasteiger partial charge on any atom is -0.351 e. The maximum Gasteiger partial charge on any atom is 0.250 e. The summed E-state index contributed by atoms with van der Waals surface area (Å²) >= 11 is 1.12. The summed E-state index contributed by atoms with van der Waals surface area (Å²) in [6.07, 6.45) is 2.53. The molecule has 0 bridgehead atoms. The Morgan fingerprint density at radius 1 is 1.14 bits per heavy atom. The van der Waals surface area contributed by atoms with Crippen molar-refractivity contribution in [3.05, 3.63) is 52.9 Å². The van der Waals surface area contributed by atoms with Crippen LogP contribution in [0.15, 0.2) is 46.0 Å². The van der Waals surface area contributed by atoms with Crippen molar-refractivity contribution >= 4 is 27.3 Å². The van der Waals surface area contributed by atoms with Crippen LogP contribution in [0.2, 0.25) is 0 Å². The maximum absolute atomic E-state index is 12.0. The second kappa shape index (κ2) is 9.65. The molecule has 1 aromatic heterocycles. The predicted molar refractivity (Wildman–Crippen MR) is 111 cm³/mol. The Morgan fingerprint density at radius 2 is 1.82 bits per heavy atom. The SMILES string of the molecule is CC1CCN(Cc2ccc(CNC(=O)CNS(=O)(=O)c3cccs3)cc2)CC1. The first kappa shape index (κ1) is 21.0. The van der Waals surface area contributed by atoms with Gasteiger partial charge in [-0.25, -0.2) is 13.1 Å². The summed E-state index contributed by atoms with van der Waals surface area (Å²) in [6, 6.07) is 11.4. The number of likely N-dealkylation sites (tertiary alicyclic amines) is 1. The second-order valence-electron chi connectivity index (χ2n) is 7.31. The quantitative estimate of drug-likeness (QED) is 0.687. The summed E-state index contributed by atoms with van der Waals surface area (Å²) < 4.78 is 26.5. The summed E-state index contributed by atoms with van der Waals surface area (Å²) in [6.45, 7) is 5.69. The lowest BCUT2D eigenvalue weighted by atomic mass is 9.99. The third-order valence-corrected chi connectivity index (χ3v) is 7.78. The van der Waals surface area contributed by atoms with Gasteiger partial charge >= 0.3 is 0 Å². The van der Waals surface area contributed by atoms with E-state index in [-0.39, 0.29) is 16.7 Å². The van der Waals surface area contributed by atoms with Gasteiger partial charge in [-0.05, 0) is 54.4 Å². The number of hydrogen-bond acceptors (Lipinski definition) is 5. The monoisotopic (exact) mass is 421 g/mol. The molecule has 2 N–H and O–H groups in total. The highest BCUT2D eigenvalue weighted by atomic mass is 32.2. The number of benzene rings is 1. The molecule has 0 atom stereocenters. The number of nitrogens with zero attached hydrogens (tertiary/aromatic N) is 1. The number of thiophene rings is 1. The fourth-order valence-corrected chi connectivity index (χ4v) is 5.17. The van der Waals surface area contributed by atoms with Crippen LogP contribution in [0.1, 0.15) is 30.9 Å². The van der Waals surface area contributed by atoms with Crippen molar-refractivity contribution < 1.29 is 13.2 Å². The summed E-state index contributed by atoms with van der Waals surface area (Å²) in [5.74, 6) is 0.476. The van der Waals surface area contributed by atoms with E-state index in [1.807, 2.05) is 12.1 Å². The second-order valence-corrected chi connectivity index (χ2v) is 10.3. The highest BCUT2D eigenvalue weighted by Crippen LogP contribution is 2.18. The Balaban J connectivity index is 1.41. The van der Waals surface area contributed by atoms with E-state index in [1.165, 1.54) is 24.5 Å². The average molecular weight is 422 g/mol. The Morgan fingerprint density at radius 3 is 2.46 bits per heavy atom. The zero-order chi connectivity index (χ0) is 20.0. The molecule has 1 aliphatic heterocycles. The molecular formula is C20H27N3O3S2. The van der Waals surface area contributed by atoms with Gasteiger partial charge in [-0.2, -0.15) is 0 Å². The minimum absolute atomic E-state index is 0.207. The zero-order valence-corrected chi connectivity index (χ0v) is 17.7. The topological polar surface area (TPSA) is 78.5 Å². The lowest BCUT2D eigenvalue weighted by Gasteiger charge is -2.30. The van der Waals surface area contributed by atoms with Crippen LogP contribution in [0.3, 0.4) is 0 Å². The van der Waals surface area contributed by atoms with E-state index in [4.69, 9.17) is 0 Å². The van der Waals surface area contributed by atoms with E-state index in [0.717, 1.165) is 42.5 Å². The third kappa shape index (κ3) is 6.13. The summed E-state index contributed by atoms with van der Waals surface area (Å²) in [5.41, 5.74) is 2.26. The van der Waals surface area contributed by atoms with Crippen LogP contribution in [0, 0.1) is 5.92 Å². The first-order chi connectivity index (χ1) is 13.4. The molecule has 1 saturated heterocycles. The van der Waals surface area contributed by atoms with Crippen LogP contribution in [-0.2, 0) is 27.9 Å². The Hall–Kier alpha value is -1.74. The van der Waals surface area contributed by atoms with Gasteiger partial charge in [0.25, 0.3) is 10.0 Å². The van der Waals surface area contributed by atoms with E-state index in [0.29, 0.717) is 6.54 Å². The number of rotatable bonds is 8. The van der Waals surface area contributed by atoms with E-state index in [1.54, 1.807) is 11.4 Å². The van der Waals surface area contributed by atoms with Gasteiger partial charge in [-0.15, -0.1) is 11.3 Å². The molecule has 1 fully saturated rings. The van der Waals surface area contributed by atoms with Gasteiger partial charge in [0.1, 0.15) is 4.21 Å². The molecule has 2 aromatic rings. The molecule has 0 aliphatic carbocycles. The number of hydrogen-bond donors (Lipinski definition) is 2. The Kier molecular flexibility index (Phi) is 7.23. The van der Waals surface area contributed by atoms with Gasteiger partial charge in [-0.3, -0.25) is 9.69 Å². The Labute approximate surface area is 171 Å². The van der Waals surface area contributed by atoms with Crippen molar-refractivity contribution in [2.75, 3.05) is 19.6 Å². The molecule has 0 spiro atoms. The van der Waals surface area contributed by atoms with Crippen LogP contribution in [0.25, 0.3) is 0 Å². The van der Waals surface area contributed by atoms with Crippen molar-refractivity contribution in [2.24, 2.45) is 5.92 Å². The normalized spacial score (nSPS) is 16.2. The molecule has 1 aromatic carbocycles. The Bertz CT molecular complexity index is 857. The van der Waals surface area contributed by atoms with Crippen molar-refractivity contribution in [3.8, 4) is 0 Å². The van der Waals surface area contributed by atoms with E-state index in [9.17, 15) is 13.2 Å². The number of nitrogens with one attached hydrogen (secondary N) is 2. The van der Waals surface area contributed by atoms with Crippen LogP contribution < -0.4 is 10.0 Å². The van der Waals surface area contributed by atoms with Gasteiger partial charge in [0.05, 0.1) is 6.54 Å². The fraction of sp³-hybridized carbons (Fsp3) is 0.450. The molecule has 152 valence electrons. The smallest absolute Gasteiger partial charge is 0.250 e. The first-order valence-corrected chi connectivity index (χ1v) is 11.9. The number of carbonyl (C=O) groups is 1. The predicted octanol–water partition coefficient (Wildman–Crippen LogP) is 2.57. The van der Waals surface area contributed by atoms with Crippen molar-refractivity contribution in [1.82, 2.24) is 14.9 Å². The molecule has 0 unspecified atom stereocenters. The number of sulfonamides is 1. The van der Waals surface area contributed by atoms with Gasteiger partial charge in [-0.1, -0.05) is 37.3 Å². The molecule has 0 radical (unpaired) electrons. The average Bonchev–Trinajstić information content (AvgIpc) is 3.24. The van der Waals surface area contributed by atoms with Crippen LogP contribution in [-0.4, -0.2) is 38.9 Å². The summed E-state index contributed by atoms with van der Waals surface area (Å²) in [4.78, 5) is 14.4. The molecule has 1 amide bonds. The van der Waals surface area contributed by atoms with Gasteiger partial charge in [0.15, 0.2) is 0 Å². The fourth-order valence-electron chi connectivity index (χ4n) is 3.15. The van der Waals surface area contributed by atoms with Crippen molar-refractivity contribution in [3.63, 3.8) is 0 Å².